The topological polar surface area (TPSA) is 26.3 Å². The van der Waals surface area contributed by atoms with Gasteiger partial charge < -0.3 is 11.7 Å². The van der Waals surface area contributed by atoms with Crippen LogP contribution >= 0.6 is 19.8 Å². The van der Waals surface area contributed by atoms with Gasteiger partial charge in [-0.2, -0.15) is 6.42 Å². The molecule has 0 aromatic rings. The van der Waals surface area contributed by atoms with Crippen molar-refractivity contribution < 1.29 is 24.3 Å². The Hall–Kier alpha value is 0.823. The van der Waals surface area contributed by atoms with Crippen molar-refractivity contribution in [3.8, 4) is 0 Å². The molecule has 14 heavy (non-hydrogen) atoms. The van der Waals surface area contributed by atoms with E-state index < -0.39 is 5.41 Å². The van der Waals surface area contributed by atoms with Gasteiger partial charge in [0.2, 0.25) is 0 Å². The van der Waals surface area contributed by atoms with Crippen molar-refractivity contribution >= 4 is 25.7 Å². The molecule has 0 saturated carbocycles. The fraction of sp³-hybridized carbons (Fsp3) is 0.800. The minimum absolute atomic E-state index is 0.00535. The van der Waals surface area contributed by atoms with Crippen LogP contribution in [0.5, 0.6) is 0 Å². The van der Waals surface area contributed by atoms with E-state index in [0.29, 0.717) is 0 Å². The van der Waals surface area contributed by atoms with E-state index in [2.05, 4.69) is 26.7 Å². The summed E-state index contributed by atoms with van der Waals surface area (Å²) in [5.74, 6) is -0.136. The second-order valence-electron chi connectivity index (χ2n) is 4.11. The van der Waals surface area contributed by atoms with Crippen LogP contribution in [0.25, 0.3) is 0 Å². The van der Waals surface area contributed by atoms with Crippen LogP contribution in [0.1, 0.15) is 40.5 Å². The maximum absolute atomic E-state index is 11.3. The van der Waals surface area contributed by atoms with Crippen molar-refractivity contribution in [2.45, 2.75) is 46.6 Å². The molecule has 0 rings (SSSR count). The van der Waals surface area contributed by atoms with Crippen LogP contribution in [0, 0.1) is 12.3 Å². The van der Waals surface area contributed by atoms with E-state index in [-0.39, 0.29) is 12.1 Å². The first-order chi connectivity index (χ1) is 6.38. The molecule has 4 heteroatoms. The zero-order valence-corrected chi connectivity index (χ0v) is 14.7. The number of halogens is 1. The van der Waals surface area contributed by atoms with Gasteiger partial charge in [-0.25, -0.2) is 0 Å². The fourth-order valence-electron chi connectivity index (χ4n) is 0.706. The normalized spacial score (nSPS) is 12.6. The summed E-state index contributed by atoms with van der Waals surface area (Å²) in [4.78, 5) is 11.3. The number of rotatable bonds is 3. The quantitative estimate of drug-likeness (QED) is 0.332. The average Bonchev–Trinajstić information content (AvgIpc) is 2.06. The molecule has 0 aliphatic rings. The molecule has 0 aliphatic carbocycles. The molecule has 0 aromatic carbocycles. The first kappa shape index (κ1) is 17.2. The van der Waals surface area contributed by atoms with E-state index in [4.69, 9.17) is 4.74 Å². The van der Waals surface area contributed by atoms with Crippen molar-refractivity contribution in [1.29, 1.82) is 0 Å². The number of hydrogen-bond acceptors (Lipinski definition) is 2. The number of carbonyl (C=O) groups excluding carboxylic acids is 1. The van der Waals surface area contributed by atoms with Gasteiger partial charge in [-0.15, -0.1) is 0 Å². The van der Waals surface area contributed by atoms with E-state index in [9.17, 15) is 4.79 Å². The van der Waals surface area contributed by atoms with E-state index >= 15 is 0 Å². The van der Waals surface area contributed by atoms with Crippen LogP contribution in [0.4, 0.5) is 0 Å². The predicted molar refractivity (Wildman–Crippen MR) is 63.6 cm³/mol. The van der Waals surface area contributed by atoms with Crippen molar-refractivity contribution in [1.82, 2.24) is 0 Å². The summed E-state index contributed by atoms with van der Waals surface area (Å²) in [6, 6.07) is 0. The Labute approximate surface area is 108 Å². The summed E-state index contributed by atoms with van der Waals surface area (Å²) >= 11 is 3.62. The standard InChI is InChI=1S/C10H19O2.HI.Zn/c1-6-7-8(2)12-9(11)10(3,4)5;;/h8H,1,6-7H2,2-5H3;1H;/q-1;;+2/p-1. The second kappa shape index (κ2) is 9.08. The third kappa shape index (κ3) is 9.38. The zero-order chi connectivity index (χ0) is 11.8. The fourth-order valence-corrected chi connectivity index (χ4v) is 0.706. The summed E-state index contributed by atoms with van der Waals surface area (Å²) in [6.45, 7) is 11.2. The van der Waals surface area contributed by atoms with E-state index in [1.807, 2.05) is 27.7 Å². The van der Waals surface area contributed by atoms with Gasteiger partial charge in [-0.1, -0.05) is 0 Å². The Kier molecular flexibility index (Phi) is 11.2. The molecule has 0 spiro atoms. The summed E-state index contributed by atoms with van der Waals surface area (Å²) in [6.07, 6.45) is 1.63. The summed E-state index contributed by atoms with van der Waals surface area (Å²) in [7, 11) is 0. The van der Waals surface area contributed by atoms with Crippen LogP contribution in [0.2, 0.25) is 0 Å². The molecule has 0 amide bonds. The Morgan fingerprint density at radius 1 is 1.50 bits per heavy atom. The van der Waals surface area contributed by atoms with Gasteiger partial charge in [-0.3, -0.25) is 4.79 Å². The number of esters is 1. The minimum atomic E-state index is -0.393. The van der Waals surface area contributed by atoms with Crippen LogP contribution in [-0.4, -0.2) is 12.1 Å². The molecular formula is C10H19IO2Zn. The van der Waals surface area contributed by atoms with Crippen molar-refractivity contribution in [3.05, 3.63) is 6.92 Å². The number of carbonyl (C=O) groups is 1. The molecule has 0 bridgehead atoms. The van der Waals surface area contributed by atoms with E-state index in [0.717, 1.165) is 12.8 Å². The number of hydrogen-bond donors (Lipinski definition) is 0. The third-order valence-corrected chi connectivity index (χ3v) is 1.53. The zero-order valence-electron chi connectivity index (χ0n) is 9.60. The predicted octanol–water partition coefficient (Wildman–Crippen LogP) is 3.46. The van der Waals surface area contributed by atoms with Crippen LogP contribution in [0.15, 0.2) is 0 Å². The van der Waals surface area contributed by atoms with Crippen molar-refractivity contribution in [3.63, 3.8) is 0 Å². The average molecular weight is 364 g/mol. The molecule has 0 saturated heterocycles. The summed E-state index contributed by atoms with van der Waals surface area (Å²) < 4.78 is 5.18. The summed E-state index contributed by atoms with van der Waals surface area (Å²) in [5, 5.41) is 0. The first-order valence-corrected chi connectivity index (χ1v) is 13.7. The van der Waals surface area contributed by atoms with Crippen LogP contribution in [-0.2, 0) is 24.3 Å². The molecule has 0 aliphatic heterocycles. The second-order valence-corrected chi connectivity index (χ2v) is 4.11. The molecule has 80 valence electrons. The Balaban J connectivity index is 0. The Bertz CT molecular complexity index is 155. The van der Waals surface area contributed by atoms with Gasteiger partial charge in [0.25, 0.3) is 0 Å². The molecular weight excluding hydrogens is 344 g/mol. The molecule has 0 N–H and O–H groups in total. The van der Waals surface area contributed by atoms with Gasteiger partial charge in [0.1, 0.15) is 0 Å². The maximum atomic E-state index is 11.3. The van der Waals surface area contributed by atoms with Crippen LogP contribution in [0.3, 0.4) is 0 Å². The summed E-state index contributed by atoms with van der Waals surface area (Å²) in [5.41, 5.74) is -0.393. The SMILES string of the molecule is [CH2-]CCC(C)OC(=O)C(C)(C)C.[Zn+][I]. The van der Waals surface area contributed by atoms with Crippen molar-refractivity contribution in [2.75, 3.05) is 0 Å². The Morgan fingerprint density at radius 2 is 1.93 bits per heavy atom. The molecule has 1 unspecified atom stereocenters. The van der Waals surface area contributed by atoms with Gasteiger partial charge >= 0.3 is 40.5 Å². The van der Waals surface area contributed by atoms with Gasteiger partial charge in [0, 0.05) is 0 Å². The molecule has 0 fully saturated rings. The molecule has 1 atom stereocenters. The first-order valence-electron chi connectivity index (χ1n) is 4.65. The Morgan fingerprint density at radius 3 is 2.21 bits per heavy atom. The van der Waals surface area contributed by atoms with Gasteiger partial charge in [-0.05, 0) is 34.1 Å². The van der Waals surface area contributed by atoms with Crippen molar-refractivity contribution in [2.24, 2.45) is 5.41 Å². The third-order valence-electron chi connectivity index (χ3n) is 1.53. The van der Waals surface area contributed by atoms with E-state index in [1.165, 1.54) is 14.8 Å². The molecule has 0 aromatic heterocycles. The number of ether oxygens (including phenoxy) is 1. The monoisotopic (exact) mass is 362 g/mol. The van der Waals surface area contributed by atoms with Gasteiger partial charge in [0.05, 0.1) is 11.5 Å². The van der Waals surface area contributed by atoms with Crippen LogP contribution < -0.4 is 0 Å². The van der Waals surface area contributed by atoms with Gasteiger partial charge in [0.15, 0.2) is 0 Å². The molecule has 2 nitrogen and oxygen atoms in total. The molecule has 0 heterocycles. The molecule has 0 radical (unpaired) electrons. The van der Waals surface area contributed by atoms with E-state index in [1.54, 1.807) is 0 Å².